The molecule has 2 N–H and O–H groups in total. The molecule has 0 fully saturated rings. The van der Waals surface area contributed by atoms with Crippen molar-refractivity contribution < 1.29 is 14.0 Å². The van der Waals surface area contributed by atoms with Crippen LogP contribution in [0.2, 0.25) is 0 Å². The second-order valence-electron chi connectivity index (χ2n) is 6.41. The van der Waals surface area contributed by atoms with Crippen molar-refractivity contribution in [3.05, 3.63) is 107 Å². The average molecular weight is 376 g/mol. The maximum absolute atomic E-state index is 14.3. The first-order valence-electron chi connectivity index (χ1n) is 9.03. The molecule has 0 spiro atoms. The Labute approximate surface area is 163 Å². The van der Waals surface area contributed by atoms with Crippen LogP contribution in [0.1, 0.15) is 22.9 Å². The lowest BCUT2D eigenvalue weighted by Gasteiger charge is -2.21. The van der Waals surface area contributed by atoms with Crippen LogP contribution in [-0.4, -0.2) is 11.8 Å². The molecule has 0 unspecified atom stereocenters. The van der Waals surface area contributed by atoms with Gasteiger partial charge in [-0.1, -0.05) is 78.9 Å². The van der Waals surface area contributed by atoms with Crippen LogP contribution in [0.5, 0.6) is 0 Å². The molecule has 0 aliphatic heterocycles. The molecule has 3 aromatic carbocycles. The molecule has 0 saturated heterocycles. The van der Waals surface area contributed by atoms with Gasteiger partial charge in [0.1, 0.15) is 12.0 Å². The van der Waals surface area contributed by atoms with Crippen LogP contribution in [0, 0.1) is 5.82 Å². The number of carbonyl (C=O) groups excluding carboxylic acids is 2. The third-order valence-electron chi connectivity index (χ3n) is 4.24. The van der Waals surface area contributed by atoms with Crippen LogP contribution in [0.3, 0.4) is 0 Å². The van der Waals surface area contributed by atoms with Crippen molar-refractivity contribution >= 4 is 11.8 Å². The molecule has 0 atom stereocenters. The van der Waals surface area contributed by atoms with Gasteiger partial charge >= 0.3 is 0 Å². The Kier molecular flexibility index (Phi) is 6.52. The van der Waals surface area contributed by atoms with Gasteiger partial charge in [0.25, 0.3) is 0 Å². The number of amides is 2. The number of nitrogens with one attached hydrogen (secondary N) is 2. The molecule has 0 radical (unpaired) electrons. The van der Waals surface area contributed by atoms with Crippen molar-refractivity contribution in [2.75, 3.05) is 0 Å². The van der Waals surface area contributed by atoms with Gasteiger partial charge in [0.15, 0.2) is 0 Å². The lowest BCUT2D eigenvalue weighted by Crippen LogP contribution is -2.42. The molecule has 0 heterocycles. The van der Waals surface area contributed by atoms with Gasteiger partial charge in [-0.15, -0.1) is 0 Å². The Morgan fingerprint density at radius 2 is 1.11 bits per heavy atom. The zero-order chi connectivity index (χ0) is 19.8. The van der Waals surface area contributed by atoms with Crippen molar-refractivity contribution in [2.45, 2.75) is 19.0 Å². The highest BCUT2D eigenvalue weighted by Crippen LogP contribution is 2.15. The maximum Gasteiger partial charge on any atom is 0.226 e. The summed E-state index contributed by atoms with van der Waals surface area (Å²) in [5, 5.41) is 5.46. The molecule has 2 amide bonds. The summed E-state index contributed by atoms with van der Waals surface area (Å²) in [6.45, 7) is 0. The molecule has 142 valence electrons. The predicted molar refractivity (Wildman–Crippen MR) is 106 cm³/mol. The van der Waals surface area contributed by atoms with E-state index in [-0.39, 0.29) is 30.2 Å². The van der Waals surface area contributed by atoms with Crippen molar-refractivity contribution in [2.24, 2.45) is 0 Å². The zero-order valence-electron chi connectivity index (χ0n) is 15.3. The Balaban J connectivity index is 1.72. The van der Waals surface area contributed by atoms with E-state index in [1.165, 1.54) is 6.07 Å². The smallest absolute Gasteiger partial charge is 0.226 e. The summed E-state index contributed by atoms with van der Waals surface area (Å²) in [5.41, 5.74) is 1.89. The minimum absolute atomic E-state index is 0.139. The van der Waals surface area contributed by atoms with Crippen LogP contribution in [0.15, 0.2) is 84.9 Å². The highest BCUT2D eigenvalue weighted by Gasteiger charge is 2.20. The quantitative estimate of drug-likeness (QED) is 0.620. The van der Waals surface area contributed by atoms with Gasteiger partial charge in [-0.05, 0) is 17.2 Å². The van der Waals surface area contributed by atoms with Crippen molar-refractivity contribution in [3.8, 4) is 0 Å². The Morgan fingerprint density at radius 3 is 1.57 bits per heavy atom. The summed E-state index contributed by atoms with van der Waals surface area (Å²) in [6.07, 6.45) is -0.672. The van der Waals surface area contributed by atoms with E-state index < -0.39 is 12.0 Å². The molecule has 0 saturated carbocycles. The first kappa shape index (κ1) is 19.3. The Morgan fingerprint density at radius 1 is 0.679 bits per heavy atom. The molecular weight excluding hydrogens is 355 g/mol. The lowest BCUT2D eigenvalue weighted by molar-refractivity contribution is -0.123. The first-order chi connectivity index (χ1) is 13.6. The molecule has 0 aliphatic rings. The summed E-state index contributed by atoms with van der Waals surface area (Å²) >= 11 is 0. The van der Waals surface area contributed by atoms with E-state index >= 15 is 0 Å². The van der Waals surface area contributed by atoms with E-state index in [1.807, 2.05) is 60.7 Å². The Bertz CT molecular complexity index is 874. The minimum Gasteiger partial charge on any atom is -0.332 e. The molecule has 0 bridgehead atoms. The van der Waals surface area contributed by atoms with Gasteiger partial charge in [0.2, 0.25) is 11.8 Å². The van der Waals surface area contributed by atoms with E-state index in [0.717, 1.165) is 11.1 Å². The number of hydrogen-bond acceptors (Lipinski definition) is 2. The SMILES string of the molecule is O=C(Cc1ccccc1)NC(NC(=O)Cc1ccccc1)c1ccccc1F. The number of carbonyl (C=O) groups is 2. The van der Waals surface area contributed by atoms with E-state index in [2.05, 4.69) is 10.6 Å². The van der Waals surface area contributed by atoms with Crippen LogP contribution >= 0.6 is 0 Å². The van der Waals surface area contributed by atoms with Gasteiger partial charge < -0.3 is 10.6 Å². The fraction of sp³-hybridized carbons (Fsp3) is 0.130. The van der Waals surface area contributed by atoms with E-state index in [9.17, 15) is 14.0 Å². The van der Waals surface area contributed by atoms with Gasteiger partial charge in [0, 0.05) is 5.56 Å². The molecule has 4 nitrogen and oxygen atoms in total. The highest BCUT2D eigenvalue weighted by molar-refractivity contribution is 5.82. The zero-order valence-corrected chi connectivity index (χ0v) is 15.3. The number of halogens is 1. The van der Waals surface area contributed by atoms with Crippen molar-refractivity contribution in [3.63, 3.8) is 0 Å². The fourth-order valence-electron chi connectivity index (χ4n) is 2.89. The fourth-order valence-corrected chi connectivity index (χ4v) is 2.89. The minimum atomic E-state index is -0.950. The van der Waals surface area contributed by atoms with Gasteiger partial charge in [-0.3, -0.25) is 9.59 Å². The number of rotatable bonds is 7. The molecular formula is C23H21FN2O2. The maximum atomic E-state index is 14.3. The summed E-state index contributed by atoms with van der Waals surface area (Å²) < 4.78 is 14.3. The molecule has 28 heavy (non-hydrogen) atoms. The largest absolute Gasteiger partial charge is 0.332 e. The molecule has 3 aromatic rings. The van der Waals surface area contributed by atoms with Crippen molar-refractivity contribution in [1.29, 1.82) is 0 Å². The van der Waals surface area contributed by atoms with Crippen LogP contribution in [0.4, 0.5) is 4.39 Å². The van der Waals surface area contributed by atoms with E-state index in [4.69, 9.17) is 0 Å². The summed E-state index contributed by atoms with van der Waals surface area (Å²) in [5.74, 6) is -1.11. The number of benzene rings is 3. The Hall–Kier alpha value is -3.47. The van der Waals surface area contributed by atoms with Crippen LogP contribution < -0.4 is 10.6 Å². The van der Waals surface area contributed by atoms with Gasteiger partial charge in [0.05, 0.1) is 12.8 Å². The second kappa shape index (κ2) is 9.46. The molecule has 0 aromatic heterocycles. The topological polar surface area (TPSA) is 58.2 Å². The monoisotopic (exact) mass is 376 g/mol. The normalized spacial score (nSPS) is 10.5. The first-order valence-corrected chi connectivity index (χ1v) is 9.03. The van der Waals surface area contributed by atoms with Crippen LogP contribution in [-0.2, 0) is 22.4 Å². The van der Waals surface area contributed by atoms with E-state index in [0.29, 0.717) is 0 Å². The molecule has 5 heteroatoms. The van der Waals surface area contributed by atoms with Gasteiger partial charge in [-0.25, -0.2) is 4.39 Å². The van der Waals surface area contributed by atoms with Crippen molar-refractivity contribution in [1.82, 2.24) is 10.6 Å². The number of hydrogen-bond donors (Lipinski definition) is 2. The predicted octanol–water partition coefficient (Wildman–Crippen LogP) is 3.54. The van der Waals surface area contributed by atoms with E-state index in [1.54, 1.807) is 18.2 Å². The summed E-state index contributed by atoms with van der Waals surface area (Å²) in [4.78, 5) is 24.9. The molecule has 3 rings (SSSR count). The standard InChI is InChI=1S/C23H21FN2O2/c24-20-14-8-7-13-19(20)23(25-21(27)15-17-9-3-1-4-10-17)26-22(28)16-18-11-5-2-6-12-18/h1-14,23H,15-16H2,(H,25,27)(H,26,28). The average Bonchev–Trinajstić information content (AvgIpc) is 2.69. The third-order valence-corrected chi connectivity index (χ3v) is 4.24. The summed E-state index contributed by atoms with van der Waals surface area (Å²) in [6, 6.07) is 24.6. The van der Waals surface area contributed by atoms with Gasteiger partial charge in [-0.2, -0.15) is 0 Å². The highest BCUT2D eigenvalue weighted by atomic mass is 19.1. The van der Waals surface area contributed by atoms with Crippen LogP contribution in [0.25, 0.3) is 0 Å². The second-order valence-corrected chi connectivity index (χ2v) is 6.41. The summed E-state index contributed by atoms with van der Waals surface area (Å²) in [7, 11) is 0. The molecule has 0 aliphatic carbocycles. The third kappa shape index (κ3) is 5.51. The lowest BCUT2D eigenvalue weighted by atomic mass is 10.1.